The molecule has 0 aliphatic carbocycles. The van der Waals surface area contributed by atoms with Crippen LogP contribution in [0, 0.1) is 12.8 Å². The van der Waals surface area contributed by atoms with Crippen molar-refractivity contribution in [3.63, 3.8) is 0 Å². The van der Waals surface area contributed by atoms with Crippen molar-refractivity contribution in [3.05, 3.63) is 47.3 Å². The summed E-state index contributed by atoms with van der Waals surface area (Å²) in [7, 11) is 0. The van der Waals surface area contributed by atoms with Crippen molar-refractivity contribution in [2.45, 2.75) is 20.3 Å². The Hall–Kier alpha value is -1.97. The van der Waals surface area contributed by atoms with Gasteiger partial charge in [0, 0.05) is 17.9 Å². The van der Waals surface area contributed by atoms with E-state index in [1.807, 2.05) is 44.2 Å². The van der Waals surface area contributed by atoms with Gasteiger partial charge >= 0.3 is 0 Å². The molecular weight excluding hydrogens is 216 g/mol. The molecule has 0 aliphatic heterocycles. The van der Waals surface area contributed by atoms with Crippen LogP contribution < -0.4 is 0 Å². The van der Waals surface area contributed by atoms with Gasteiger partial charge in [-0.15, -0.1) is 0 Å². The topological polar surface area (TPSA) is 56.0 Å². The maximum atomic E-state index is 12.1. The highest BCUT2D eigenvalue weighted by atomic mass is 16.6. The van der Waals surface area contributed by atoms with Crippen LogP contribution >= 0.6 is 0 Å². The van der Waals surface area contributed by atoms with Gasteiger partial charge in [-0.1, -0.05) is 47.6 Å². The maximum absolute atomic E-state index is 12.1. The molecule has 1 atom stereocenters. The Labute approximate surface area is 99.6 Å². The quantitative estimate of drug-likeness (QED) is 0.757. The number of carbonyl (C=O) groups excluding carboxylic acids is 1. The van der Waals surface area contributed by atoms with Crippen molar-refractivity contribution >= 4 is 5.78 Å². The predicted octanol–water partition coefficient (Wildman–Crippen LogP) is 2.44. The molecule has 88 valence electrons. The predicted molar refractivity (Wildman–Crippen MR) is 62.7 cm³/mol. The normalized spacial score (nSPS) is 12.4. The van der Waals surface area contributed by atoms with Crippen LogP contribution in [0.3, 0.4) is 0 Å². The second-order valence-electron chi connectivity index (χ2n) is 4.13. The van der Waals surface area contributed by atoms with Gasteiger partial charge in [-0.3, -0.25) is 4.79 Å². The van der Waals surface area contributed by atoms with E-state index in [1.54, 1.807) is 0 Å². The van der Waals surface area contributed by atoms with Gasteiger partial charge < -0.3 is 0 Å². The van der Waals surface area contributed by atoms with Crippen LogP contribution in [0.4, 0.5) is 0 Å². The van der Waals surface area contributed by atoms with Crippen LogP contribution in [0.1, 0.15) is 28.7 Å². The van der Waals surface area contributed by atoms with Crippen LogP contribution in [-0.2, 0) is 6.42 Å². The van der Waals surface area contributed by atoms with Crippen molar-refractivity contribution in [1.29, 1.82) is 0 Å². The maximum Gasteiger partial charge on any atom is 0.166 e. The molecule has 1 heterocycles. The standard InChI is InChI=1S/C13H14N2O2/c1-9(8-12-10(2)14-17-15-12)13(16)11-6-4-3-5-7-11/h3-7,9H,8H2,1-2H3. The SMILES string of the molecule is Cc1nonc1CC(C)C(=O)c1ccccc1. The van der Waals surface area contributed by atoms with Gasteiger partial charge in [0.25, 0.3) is 0 Å². The summed E-state index contributed by atoms with van der Waals surface area (Å²) in [5.74, 6) is -0.00370. The van der Waals surface area contributed by atoms with Gasteiger partial charge in [0.05, 0.1) is 0 Å². The number of aryl methyl sites for hydroxylation is 1. The van der Waals surface area contributed by atoms with Crippen molar-refractivity contribution in [2.24, 2.45) is 5.92 Å². The van der Waals surface area contributed by atoms with Crippen LogP contribution in [0.15, 0.2) is 35.0 Å². The molecular formula is C13H14N2O2. The number of hydrogen-bond acceptors (Lipinski definition) is 4. The van der Waals surface area contributed by atoms with Crippen molar-refractivity contribution in [2.75, 3.05) is 0 Å². The van der Waals surface area contributed by atoms with Crippen molar-refractivity contribution in [1.82, 2.24) is 10.3 Å². The summed E-state index contributed by atoms with van der Waals surface area (Å²) in [6.45, 7) is 3.72. The molecule has 0 spiro atoms. The number of carbonyl (C=O) groups is 1. The number of aromatic nitrogens is 2. The zero-order valence-corrected chi connectivity index (χ0v) is 9.88. The fourth-order valence-corrected chi connectivity index (χ4v) is 1.70. The third-order valence-electron chi connectivity index (χ3n) is 2.75. The van der Waals surface area contributed by atoms with E-state index in [4.69, 9.17) is 0 Å². The first-order valence-corrected chi connectivity index (χ1v) is 5.55. The summed E-state index contributed by atoms with van der Waals surface area (Å²) in [6, 6.07) is 9.28. The van der Waals surface area contributed by atoms with E-state index in [0.717, 1.165) is 17.0 Å². The Morgan fingerprint density at radius 3 is 2.59 bits per heavy atom. The fraction of sp³-hybridized carbons (Fsp3) is 0.308. The summed E-state index contributed by atoms with van der Waals surface area (Å²) in [6.07, 6.45) is 0.559. The highest BCUT2D eigenvalue weighted by molar-refractivity contribution is 5.97. The van der Waals surface area contributed by atoms with E-state index >= 15 is 0 Å². The summed E-state index contributed by atoms with van der Waals surface area (Å²) in [5.41, 5.74) is 2.23. The Morgan fingerprint density at radius 1 is 1.29 bits per heavy atom. The molecule has 4 nitrogen and oxygen atoms in total. The molecule has 0 amide bonds. The summed E-state index contributed by atoms with van der Waals surface area (Å²) in [4.78, 5) is 12.1. The third-order valence-corrected chi connectivity index (χ3v) is 2.75. The number of rotatable bonds is 4. The number of nitrogens with zero attached hydrogens (tertiary/aromatic N) is 2. The minimum Gasteiger partial charge on any atom is -0.294 e. The summed E-state index contributed by atoms with van der Waals surface area (Å²) >= 11 is 0. The summed E-state index contributed by atoms with van der Waals surface area (Å²) < 4.78 is 4.62. The van der Waals surface area contributed by atoms with Crippen molar-refractivity contribution < 1.29 is 9.42 Å². The third kappa shape index (κ3) is 2.58. The van der Waals surface area contributed by atoms with Crippen LogP contribution in [0.25, 0.3) is 0 Å². The first-order chi connectivity index (χ1) is 8.18. The Morgan fingerprint density at radius 2 is 2.00 bits per heavy atom. The van der Waals surface area contributed by atoms with Gasteiger partial charge in [-0.25, -0.2) is 4.63 Å². The molecule has 0 bridgehead atoms. The monoisotopic (exact) mass is 230 g/mol. The molecule has 4 heteroatoms. The highest BCUT2D eigenvalue weighted by Crippen LogP contribution is 2.14. The smallest absolute Gasteiger partial charge is 0.166 e. The molecule has 1 unspecified atom stereocenters. The van der Waals surface area contributed by atoms with E-state index in [-0.39, 0.29) is 11.7 Å². The zero-order valence-electron chi connectivity index (χ0n) is 9.88. The molecule has 0 N–H and O–H groups in total. The number of hydrogen-bond donors (Lipinski definition) is 0. The minimum atomic E-state index is -0.122. The molecule has 0 radical (unpaired) electrons. The molecule has 2 rings (SSSR count). The van der Waals surface area contributed by atoms with E-state index in [9.17, 15) is 4.79 Å². The largest absolute Gasteiger partial charge is 0.294 e. The minimum absolute atomic E-state index is 0.119. The second-order valence-corrected chi connectivity index (χ2v) is 4.13. The lowest BCUT2D eigenvalue weighted by atomic mass is 9.95. The lowest BCUT2D eigenvalue weighted by Crippen LogP contribution is -2.14. The van der Waals surface area contributed by atoms with Gasteiger partial charge in [0.1, 0.15) is 11.4 Å². The van der Waals surface area contributed by atoms with E-state index in [2.05, 4.69) is 14.9 Å². The average molecular weight is 230 g/mol. The molecule has 1 aromatic carbocycles. The zero-order chi connectivity index (χ0) is 12.3. The van der Waals surface area contributed by atoms with Crippen LogP contribution in [0.2, 0.25) is 0 Å². The lowest BCUT2D eigenvalue weighted by Gasteiger charge is -2.08. The van der Waals surface area contributed by atoms with Crippen LogP contribution in [0.5, 0.6) is 0 Å². The molecule has 1 aromatic heterocycles. The van der Waals surface area contributed by atoms with Gasteiger partial charge in [0.2, 0.25) is 0 Å². The van der Waals surface area contributed by atoms with E-state index in [0.29, 0.717) is 6.42 Å². The number of Topliss-reactive ketones (excluding diaryl/α,β-unsaturated/α-hetero) is 1. The lowest BCUT2D eigenvalue weighted by molar-refractivity contribution is 0.0928. The molecule has 0 saturated heterocycles. The van der Waals surface area contributed by atoms with E-state index < -0.39 is 0 Å². The molecule has 17 heavy (non-hydrogen) atoms. The first-order valence-electron chi connectivity index (χ1n) is 5.55. The highest BCUT2D eigenvalue weighted by Gasteiger charge is 2.18. The molecule has 0 aliphatic rings. The Kier molecular flexibility index (Phi) is 3.32. The summed E-state index contributed by atoms with van der Waals surface area (Å²) in [5, 5.41) is 7.50. The molecule has 2 aromatic rings. The van der Waals surface area contributed by atoms with Crippen molar-refractivity contribution in [3.8, 4) is 0 Å². The van der Waals surface area contributed by atoms with Crippen LogP contribution in [-0.4, -0.2) is 16.1 Å². The second kappa shape index (κ2) is 4.91. The van der Waals surface area contributed by atoms with Gasteiger partial charge in [-0.05, 0) is 6.92 Å². The fourth-order valence-electron chi connectivity index (χ4n) is 1.70. The average Bonchev–Trinajstić information content (AvgIpc) is 2.75. The molecule has 0 saturated carbocycles. The van der Waals surface area contributed by atoms with Gasteiger partial charge in [-0.2, -0.15) is 0 Å². The molecule has 0 fully saturated rings. The Bertz CT molecular complexity index is 505. The van der Waals surface area contributed by atoms with E-state index in [1.165, 1.54) is 0 Å². The van der Waals surface area contributed by atoms with Gasteiger partial charge in [0.15, 0.2) is 5.78 Å². The Balaban J connectivity index is 2.09. The first kappa shape index (κ1) is 11.5. The number of ketones is 1. The number of benzene rings is 1.